The SMILES string of the molecule is CCN(Cc1cccc(F)c1)C(=O)COC(=O)c1cc(Cl)ccc1[N+](=O)[O-]. The van der Waals surface area contributed by atoms with Crippen molar-refractivity contribution in [3.05, 3.63) is 74.5 Å². The summed E-state index contributed by atoms with van der Waals surface area (Å²) in [6.45, 7) is 1.57. The van der Waals surface area contributed by atoms with E-state index in [9.17, 15) is 24.1 Å². The molecule has 0 aliphatic carbocycles. The highest BCUT2D eigenvalue weighted by molar-refractivity contribution is 6.31. The van der Waals surface area contributed by atoms with E-state index in [0.717, 1.165) is 12.1 Å². The van der Waals surface area contributed by atoms with E-state index < -0.39 is 34.9 Å². The summed E-state index contributed by atoms with van der Waals surface area (Å²) < 4.78 is 18.2. The third kappa shape index (κ3) is 5.49. The van der Waals surface area contributed by atoms with Crippen molar-refractivity contribution in [2.24, 2.45) is 0 Å². The Bertz CT molecular complexity index is 875. The molecule has 2 aromatic rings. The molecular weight excluding hydrogens is 379 g/mol. The largest absolute Gasteiger partial charge is 0.452 e. The molecule has 0 radical (unpaired) electrons. The number of amides is 1. The maximum Gasteiger partial charge on any atom is 0.345 e. The number of esters is 1. The molecule has 0 saturated carbocycles. The van der Waals surface area contributed by atoms with E-state index in [-0.39, 0.29) is 17.1 Å². The van der Waals surface area contributed by atoms with Crippen LogP contribution in [0.25, 0.3) is 0 Å². The minimum absolute atomic E-state index is 0.125. The average Bonchev–Trinajstić information content (AvgIpc) is 2.63. The lowest BCUT2D eigenvalue weighted by Gasteiger charge is -2.21. The molecule has 2 rings (SSSR count). The van der Waals surface area contributed by atoms with Crippen molar-refractivity contribution < 1.29 is 23.6 Å². The summed E-state index contributed by atoms with van der Waals surface area (Å²) in [5.41, 5.74) is -0.223. The van der Waals surface area contributed by atoms with Gasteiger partial charge in [-0.1, -0.05) is 23.7 Å². The van der Waals surface area contributed by atoms with E-state index in [1.54, 1.807) is 13.0 Å². The Morgan fingerprint density at radius 1 is 1.26 bits per heavy atom. The second-order valence-electron chi connectivity index (χ2n) is 5.53. The summed E-state index contributed by atoms with van der Waals surface area (Å²) in [7, 11) is 0. The zero-order valence-electron chi connectivity index (χ0n) is 14.4. The molecule has 0 spiro atoms. The molecule has 0 aliphatic rings. The van der Waals surface area contributed by atoms with Gasteiger partial charge in [0.1, 0.15) is 11.4 Å². The van der Waals surface area contributed by atoms with Crippen LogP contribution in [0.5, 0.6) is 0 Å². The van der Waals surface area contributed by atoms with E-state index in [0.29, 0.717) is 12.1 Å². The highest BCUT2D eigenvalue weighted by Gasteiger charge is 2.23. The molecule has 7 nitrogen and oxygen atoms in total. The second kappa shape index (κ2) is 9.09. The Balaban J connectivity index is 2.04. The van der Waals surface area contributed by atoms with Crippen LogP contribution in [0, 0.1) is 15.9 Å². The van der Waals surface area contributed by atoms with Gasteiger partial charge in [0.05, 0.1) is 4.92 Å². The topological polar surface area (TPSA) is 89.8 Å². The molecule has 0 atom stereocenters. The van der Waals surface area contributed by atoms with Crippen LogP contribution in [0.15, 0.2) is 42.5 Å². The van der Waals surface area contributed by atoms with E-state index in [4.69, 9.17) is 16.3 Å². The first-order chi connectivity index (χ1) is 12.8. The Hall–Kier alpha value is -3.00. The summed E-state index contributed by atoms with van der Waals surface area (Å²) in [4.78, 5) is 36.1. The molecule has 142 valence electrons. The number of nitro benzene ring substituents is 1. The van der Waals surface area contributed by atoms with E-state index in [1.165, 1.54) is 29.2 Å². The molecule has 0 saturated heterocycles. The van der Waals surface area contributed by atoms with Gasteiger partial charge in [0.25, 0.3) is 11.6 Å². The van der Waals surface area contributed by atoms with E-state index >= 15 is 0 Å². The van der Waals surface area contributed by atoms with Gasteiger partial charge in [-0.15, -0.1) is 0 Å². The van der Waals surface area contributed by atoms with Crippen molar-refractivity contribution in [1.82, 2.24) is 4.90 Å². The third-order valence-electron chi connectivity index (χ3n) is 3.70. The molecule has 0 unspecified atom stereocenters. The fourth-order valence-electron chi connectivity index (χ4n) is 2.36. The van der Waals surface area contributed by atoms with Crippen LogP contribution in [-0.2, 0) is 16.1 Å². The van der Waals surface area contributed by atoms with Gasteiger partial charge in [0.2, 0.25) is 0 Å². The number of ether oxygens (including phenoxy) is 1. The quantitative estimate of drug-likeness (QED) is 0.406. The van der Waals surface area contributed by atoms with Crippen LogP contribution in [0.3, 0.4) is 0 Å². The van der Waals surface area contributed by atoms with Crippen LogP contribution in [0.4, 0.5) is 10.1 Å². The predicted molar refractivity (Wildman–Crippen MR) is 95.9 cm³/mol. The number of carbonyl (C=O) groups is 2. The molecule has 1 amide bonds. The van der Waals surface area contributed by atoms with Crippen molar-refractivity contribution in [3.8, 4) is 0 Å². The Morgan fingerprint density at radius 3 is 2.63 bits per heavy atom. The van der Waals surface area contributed by atoms with Gasteiger partial charge < -0.3 is 9.64 Å². The van der Waals surface area contributed by atoms with Crippen LogP contribution in [0.2, 0.25) is 5.02 Å². The van der Waals surface area contributed by atoms with Crippen LogP contribution in [-0.4, -0.2) is 34.9 Å². The second-order valence-corrected chi connectivity index (χ2v) is 5.97. The molecule has 2 aromatic carbocycles. The first kappa shape index (κ1) is 20.3. The van der Waals surface area contributed by atoms with Gasteiger partial charge in [-0.05, 0) is 36.8 Å². The predicted octanol–water partition coefficient (Wildman–Crippen LogP) is 3.59. The van der Waals surface area contributed by atoms with Crippen molar-refractivity contribution in [2.45, 2.75) is 13.5 Å². The summed E-state index contributed by atoms with van der Waals surface area (Å²) in [5.74, 6) is -1.96. The minimum Gasteiger partial charge on any atom is -0.452 e. The highest BCUT2D eigenvalue weighted by Crippen LogP contribution is 2.23. The minimum atomic E-state index is -1.03. The van der Waals surface area contributed by atoms with Crippen molar-refractivity contribution >= 4 is 29.2 Å². The molecule has 0 aromatic heterocycles. The molecule has 0 N–H and O–H groups in total. The van der Waals surface area contributed by atoms with Gasteiger partial charge in [-0.2, -0.15) is 0 Å². The number of likely N-dealkylation sites (N-methyl/N-ethyl adjacent to an activating group) is 1. The summed E-state index contributed by atoms with van der Waals surface area (Å²) in [5, 5.41) is 11.1. The standard InChI is InChI=1S/C18H16ClFN2O5/c1-2-21(10-12-4-3-5-14(20)8-12)17(23)11-27-18(24)15-9-13(19)6-7-16(15)22(25)26/h3-9H,2,10-11H2,1H3. The van der Waals surface area contributed by atoms with Gasteiger partial charge >= 0.3 is 5.97 Å². The zero-order chi connectivity index (χ0) is 20.0. The summed E-state index contributed by atoms with van der Waals surface area (Å²) in [6.07, 6.45) is 0. The number of halogens is 2. The lowest BCUT2D eigenvalue weighted by molar-refractivity contribution is -0.385. The van der Waals surface area contributed by atoms with Crippen LogP contribution >= 0.6 is 11.6 Å². The molecular formula is C18H16ClFN2O5. The third-order valence-corrected chi connectivity index (χ3v) is 3.93. The number of rotatable bonds is 7. The molecule has 0 aliphatic heterocycles. The monoisotopic (exact) mass is 394 g/mol. The van der Waals surface area contributed by atoms with Crippen LogP contribution < -0.4 is 0 Å². The normalized spacial score (nSPS) is 10.3. The fourth-order valence-corrected chi connectivity index (χ4v) is 2.53. The van der Waals surface area contributed by atoms with Gasteiger partial charge in [-0.3, -0.25) is 14.9 Å². The summed E-state index contributed by atoms with van der Waals surface area (Å²) >= 11 is 5.77. The zero-order valence-corrected chi connectivity index (χ0v) is 15.1. The molecule has 0 heterocycles. The van der Waals surface area contributed by atoms with Gasteiger partial charge in [-0.25, -0.2) is 9.18 Å². The Kier molecular flexibility index (Phi) is 6.84. The number of benzene rings is 2. The molecule has 0 bridgehead atoms. The molecule has 0 fully saturated rings. The van der Waals surface area contributed by atoms with E-state index in [2.05, 4.69) is 0 Å². The number of carbonyl (C=O) groups excluding carboxylic acids is 2. The van der Waals surface area contributed by atoms with Crippen molar-refractivity contribution in [2.75, 3.05) is 13.2 Å². The summed E-state index contributed by atoms with van der Waals surface area (Å²) in [6, 6.07) is 9.26. The molecule has 27 heavy (non-hydrogen) atoms. The maximum atomic E-state index is 13.3. The fraction of sp³-hybridized carbons (Fsp3) is 0.222. The number of hydrogen-bond acceptors (Lipinski definition) is 5. The van der Waals surface area contributed by atoms with E-state index in [1.807, 2.05) is 0 Å². The smallest absolute Gasteiger partial charge is 0.345 e. The lowest BCUT2D eigenvalue weighted by Crippen LogP contribution is -2.34. The van der Waals surface area contributed by atoms with Gasteiger partial charge in [0, 0.05) is 24.2 Å². The Morgan fingerprint density at radius 2 is 2.00 bits per heavy atom. The maximum absolute atomic E-state index is 13.3. The average molecular weight is 395 g/mol. The number of nitrogens with zero attached hydrogens (tertiary/aromatic N) is 2. The highest BCUT2D eigenvalue weighted by atomic mass is 35.5. The number of nitro groups is 1. The Labute approximate surface area is 159 Å². The first-order valence-corrected chi connectivity index (χ1v) is 8.33. The van der Waals surface area contributed by atoms with Crippen LogP contribution in [0.1, 0.15) is 22.8 Å². The molecule has 9 heteroatoms. The van der Waals surface area contributed by atoms with Crippen molar-refractivity contribution in [1.29, 1.82) is 0 Å². The van der Waals surface area contributed by atoms with Crippen molar-refractivity contribution in [3.63, 3.8) is 0 Å². The first-order valence-electron chi connectivity index (χ1n) is 7.95. The lowest BCUT2D eigenvalue weighted by atomic mass is 10.2. The number of hydrogen-bond donors (Lipinski definition) is 0. The van der Waals surface area contributed by atoms with Gasteiger partial charge in [0.15, 0.2) is 6.61 Å².